The van der Waals surface area contributed by atoms with Gasteiger partial charge in [-0.3, -0.25) is 4.68 Å². The summed E-state index contributed by atoms with van der Waals surface area (Å²) in [6.07, 6.45) is 3.87. The van der Waals surface area contributed by atoms with Gasteiger partial charge in [0.05, 0.1) is 11.2 Å². The molecule has 0 spiro atoms. The van der Waals surface area contributed by atoms with E-state index < -0.39 is 11.6 Å². The predicted molar refractivity (Wildman–Crippen MR) is 131 cm³/mol. The van der Waals surface area contributed by atoms with Crippen LogP contribution in [-0.2, 0) is 7.05 Å². The summed E-state index contributed by atoms with van der Waals surface area (Å²) >= 11 is 0. The monoisotopic (exact) mass is 480 g/mol. The topological polar surface area (TPSA) is 95.9 Å². The van der Waals surface area contributed by atoms with Crippen molar-refractivity contribution in [2.75, 3.05) is 36.4 Å². The Balaban J connectivity index is 1.52. The maximum absolute atomic E-state index is 15.1. The Morgan fingerprint density at radius 3 is 2.66 bits per heavy atom. The van der Waals surface area contributed by atoms with Crippen LogP contribution in [0.2, 0.25) is 0 Å². The summed E-state index contributed by atoms with van der Waals surface area (Å²) in [6.45, 7) is 6.75. The van der Waals surface area contributed by atoms with Gasteiger partial charge < -0.3 is 25.3 Å². The molecule has 0 unspecified atom stereocenters. The first kappa shape index (κ1) is 22.8. The third-order valence-electron chi connectivity index (χ3n) is 5.75. The van der Waals surface area contributed by atoms with Gasteiger partial charge in [0.25, 0.3) is 0 Å². The number of piperazine rings is 1. The van der Waals surface area contributed by atoms with Crippen molar-refractivity contribution in [2.24, 2.45) is 7.05 Å². The van der Waals surface area contributed by atoms with Crippen molar-refractivity contribution in [1.29, 1.82) is 0 Å². The van der Waals surface area contributed by atoms with Crippen molar-refractivity contribution in [3.63, 3.8) is 0 Å². The molecular formula is C24H26F2N8O. The van der Waals surface area contributed by atoms with Crippen molar-refractivity contribution in [1.82, 2.24) is 30.0 Å². The van der Waals surface area contributed by atoms with Gasteiger partial charge in [-0.1, -0.05) is 6.08 Å². The first-order valence-corrected chi connectivity index (χ1v) is 11.3. The Morgan fingerprint density at radius 2 is 1.89 bits per heavy atom. The average Bonchev–Trinajstić information content (AvgIpc) is 3.40. The van der Waals surface area contributed by atoms with Crippen LogP contribution < -0.4 is 20.3 Å². The summed E-state index contributed by atoms with van der Waals surface area (Å²) in [6, 6.07) is 6.11. The summed E-state index contributed by atoms with van der Waals surface area (Å²) in [5, 5.41) is 11.0. The number of hydrogen-bond donors (Lipinski definition) is 3. The number of nitrogens with one attached hydrogen (secondary N) is 3. The van der Waals surface area contributed by atoms with Crippen molar-refractivity contribution in [3.05, 3.63) is 53.4 Å². The van der Waals surface area contributed by atoms with Crippen LogP contribution in [0.1, 0.15) is 18.3 Å². The van der Waals surface area contributed by atoms with Gasteiger partial charge in [-0.2, -0.15) is 15.1 Å². The molecule has 3 N–H and O–H groups in total. The molecule has 1 aromatic carbocycles. The van der Waals surface area contributed by atoms with Gasteiger partial charge in [-0.15, -0.1) is 0 Å². The van der Waals surface area contributed by atoms with Gasteiger partial charge in [-0.25, -0.2) is 8.78 Å². The minimum atomic E-state index is -0.683. The van der Waals surface area contributed by atoms with Crippen LogP contribution in [0.4, 0.5) is 26.2 Å². The molecule has 5 rings (SSSR count). The SMILES string of the molecule is C/C=C/c1cc(Nc2cc(N3CCNCC3)nc(Oc3cc(F)c4[nH]c(C)cc4c3F)n2)nn1C. The summed E-state index contributed by atoms with van der Waals surface area (Å²) in [5.74, 6) is 0.0305. The van der Waals surface area contributed by atoms with Gasteiger partial charge in [0, 0.05) is 62.5 Å². The van der Waals surface area contributed by atoms with Crippen LogP contribution >= 0.6 is 0 Å². The number of aryl methyl sites for hydroxylation is 2. The maximum Gasteiger partial charge on any atom is 0.326 e. The summed E-state index contributed by atoms with van der Waals surface area (Å²) in [4.78, 5) is 13.8. The Kier molecular flexibility index (Phi) is 6.08. The van der Waals surface area contributed by atoms with E-state index in [4.69, 9.17) is 4.74 Å². The zero-order chi connectivity index (χ0) is 24.5. The first-order valence-electron chi connectivity index (χ1n) is 11.3. The summed E-state index contributed by atoms with van der Waals surface area (Å²) in [7, 11) is 1.84. The minimum Gasteiger partial charge on any atom is -0.421 e. The van der Waals surface area contributed by atoms with Crippen LogP contribution in [0.5, 0.6) is 11.8 Å². The number of allylic oxidation sites excluding steroid dienone is 1. The van der Waals surface area contributed by atoms with Crippen molar-refractivity contribution >= 4 is 34.4 Å². The van der Waals surface area contributed by atoms with Gasteiger partial charge in [-0.05, 0) is 26.0 Å². The third kappa shape index (κ3) is 4.67. The number of benzene rings is 1. The van der Waals surface area contributed by atoms with E-state index in [9.17, 15) is 4.39 Å². The van der Waals surface area contributed by atoms with E-state index in [1.807, 2.05) is 32.2 Å². The highest BCUT2D eigenvalue weighted by atomic mass is 19.1. The molecule has 3 aromatic heterocycles. The number of aromatic nitrogens is 5. The zero-order valence-electron chi connectivity index (χ0n) is 19.7. The number of ether oxygens (including phenoxy) is 1. The molecule has 1 aliphatic rings. The molecule has 1 aliphatic heterocycles. The molecule has 4 heterocycles. The predicted octanol–water partition coefficient (Wildman–Crippen LogP) is 4.26. The van der Waals surface area contributed by atoms with Crippen LogP contribution in [-0.4, -0.2) is 50.9 Å². The first-order chi connectivity index (χ1) is 16.9. The van der Waals surface area contributed by atoms with Crippen LogP contribution in [0.25, 0.3) is 17.0 Å². The Hall–Kier alpha value is -3.99. The fourth-order valence-electron chi connectivity index (χ4n) is 4.09. The number of rotatable bonds is 6. The number of halogens is 2. The Labute approximate surface area is 200 Å². The van der Waals surface area contributed by atoms with E-state index in [2.05, 4.69) is 35.6 Å². The number of anilines is 3. The largest absolute Gasteiger partial charge is 0.421 e. The van der Waals surface area contributed by atoms with E-state index in [1.165, 1.54) is 6.07 Å². The third-order valence-corrected chi connectivity index (χ3v) is 5.75. The van der Waals surface area contributed by atoms with Crippen molar-refractivity contribution in [2.45, 2.75) is 13.8 Å². The van der Waals surface area contributed by atoms with Crippen molar-refractivity contribution in [3.8, 4) is 11.8 Å². The molecule has 11 heteroatoms. The van der Waals surface area contributed by atoms with Crippen LogP contribution in [0.15, 0.2) is 30.3 Å². The number of nitrogens with zero attached hydrogens (tertiary/aromatic N) is 5. The molecule has 0 aliphatic carbocycles. The van der Waals surface area contributed by atoms with Gasteiger partial charge in [0.2, 0.25) is 0 Å². The van der Waals surface area contributed by atoms with Gasteiger partial charge in [0.1, 0.15) is 11.6 Å². The van der Waals surface area contributed by atoms with Crippen molar-refractivity contribution < 1.29 is 13.5 Å². The molecule has 1 saturated heterocycles. The highest BCUT2D eigenvalue weighted by Gasteiger charge is 2.20. The second kappa shape index (κ2) is 9.34. The number of H-pyrrole nitrogens is 1. The lowest BCUT2D eigenvalue weighted by Gasteiger charge is -2.28. The highest BCUT2D eigenvalue weighted by molar-refractivity contribution is 5.83. The molecule has 0 amide bonds. The molecule has 4 aromatic rings. The standard InChI is InChI=1S/C24H26F2N8O/c1-4-5-15-11-20(32-33(15)3)29-19-13-21(34-8-6-27-7-9-34)31-24(30-19)35-18-12-17(25)23-16(22(18)26)10-14(2)28-23/h4-5,10-13,27-28H,6-9H2,1-3H3,(H,29,30,31,32)/b5-4+. The maximum atomic E-state index is 15.1. The second-order valence-corrected chi connectivity index (χ2v) is 8.35. The second-order valence-electron chi connectivity index (χ2n) is 8.35. The molecule has 1 fully saturated rings. The molecule has 9 nitrogen and oxygen atoms in total. The van der Waals surface area contributed by atoms with E-state index in [-0.39, 0.29) is 22.7 Å². The van der Waals surface area contributed by atoms with E-state index in [0.29, 0.717) is 23.1 Å². The average molecular weight is 481 g/mol. The molecule has 35 heavy (non-hydrogen) atoms. The lowest BCUT2D eigenvalue weighted by molar-refractivity contribution is 0.410. The normalized spacial score (nSPS) is 14.3. The Morgan fingerprint density at radius 1 is 1.09 bits per heavy atom. The number of aromatic amines is 1. The zero-order valence-corrected chi connectivity index (χ0v) is 19.7. The molecule has 0 bridgehead atoms. The van der Waals surface area contributed by atoms with Crippen LogP contribution in [0, 0.1) is 18.6 Å². The highest BCUT2D eigenvalue weighted by Crippen LogP contribution is 2.33. The fourth-order valence-corrected chi connectivity index (χ4v) is 4.09. The van der Waals surface area contributed by atoms with E-state index in [1.54, 1.807) is 17.7 Å². The molecule has 0 radical (unpaired) electrons. The molecule has 0 atom stereocenters. The lowest BCUT2D eigenvalue weighted by atomic mass is 10.2. The van der Waals surface area contributed by atoms with Crippen LogP contribution in [0.3, 0.4) is 0 Å². The van der Waals surface area contributed by atoms with Gasteiger partial charge >= 0.3 is 6.01 Å². The number of fused-ring (bicyclic) bond motifs is 1. The molecule has 0 saturated carbocycles. The van der Waals surface area contributed by atoms with Gasteiger partial charge in [0.15, 0.2) is 23.2 Å². The molecule has 182 valence electrons. The van der Waals surface area contributed by atoms with E-state index in [0.717, 1.165) is 37.9 Å². The summed E-state index contributed by atoms with van der Waals surface area (Å²) < 4.78 is 37.2. The fraction of sp³-hybridized carbons (Fsp3) is 0.292. The molecular weight excluding hydrogens is 454 g/mol. The minimum absolute atomic E-state index is 0.0947. The summed E-state index contributed by atoms with van der Waals surface area (Å²) in [5.41, 5.74) is 1.65. The quantitative estimate of drug-likeness (QED) is 0.380. The lowest BCUT2D eigenvalue weighted by Crippen LogP contribution is -2.43. The number of hydrogen-bond acceptors (Lipinski definition) is 7. The smallest absolute Gasteiger partial charge is 0.326 e. The van der Waals surface area contributed by atoms with E-state index >= 15 is 4.39 Å². The Bertz CT molecular complexity index is 1400.